The van der Waals surface area contributed by atoms with Crippen molar-refractivity contribution in [3.8, 4) is 6.07 Å². The second kappa shape index (κ2) is 4.55. The van der Waals surface area contributed by atoms with Crippen LogP contribution in [-0.4, -0.2) is 46.8 Å². The third kappa shape index (κ3) is 2.15. The molecule has 3 rings (SSSR count). The molecule has 2 aliphatic rings. The predicted molar refractivity (Wildman–Crippen MR) is 66.2 cm³/mol. The number of hydrogen-bond acceptors (Lipinski definition) is 5. The number of aromatic amines is 1. The van der Waals surface area contributed by atoms with Crippen molar-refractivity contribution in [3.63, 3.8) is 0 Å². The van der Waals surface area contributed by atoms with E-state index in [1.165, 1.54) is 0 Å². The van der Waals surface area contributed by atoms with Crippen molar-refractivity contribution in [1.29, 1.82) is 5.26 Å². The van der Waals surface area contributed by atoms with Gasteiger partial charge in [-0.25, -0.2) is 0 Å². The van der Waals surface area contributed by atoms with Crippen LogP contribution in [0.1, 0.15) is 34.9 Å². The van der Waals surface area contributed by atoms with Crippen LogP contribution < -0.4 is 5.73 Å². The van der Waals surface area contributed by atoms with Gasteiger partial charge in [-0.05, 0) is 12.8 Å². The molecule has 1 amide bonds. The lowest BCUT2D eigenvalue weighted by molar-refractivity contribution is 0.00324. The van der Waals surface area contributed by atoms with E-state index in [0.29, 0.717) is 24.8 Å². The molecule has 1 saturated heterocycles. The van der Waals surface area contributed by atoms with Crippen molar-refractivity contribution < 1.29 is 9.53 Å². The second-order valence-corrected chi connectivity index (χ2v) is 4.91. The number of nitrogens with one attached hydrogen (secondary N) is 1. The van der Waals surface area contributed by atoms with Crippen molar-refractivity contribution in [1.82, 2.24) is 15.1 Å². The van der Waals surface area contributed by atoms with E-state index in [2.05, 4.69) is 10.2 Å². The number of nitrogens with two attached hydrogens (primary N) is 1. The number of anilines is 1. The molecule has 2 fully saturated rings. The van der Waals surface area contributed by atoms with Gasteiger partial charge in [-0.2, -0.15) is 10.4 Å². The van der Waals surface area contributed by atoms with Gasteiger partial charge >= 0.3 is 0 Å². The van der Waals surface area contributed by atoms with Gasteiger partial charge in [0.1, 0.15) is 0 Å². The Kier molecular flexibility index (Phi) is 2.87. The number of carbonyl (C=O) groups excluding carboxylic acids is 1. The van der Waals surface area contributed by atoms with Gasteiger partial charge in [0.15, 0.2) is 11.8 Å². The van der Waals surface area contributed by atoms with Crippen LogP contribution in [0.2, 0.25) is 0 Å². The Bertz CT molecular complexity index is 543. The van der Waals surface area contributed by atoms with Crippen molar-refractivity contribution in [2.45, 2.75) is 24.9 Å². The van der Waals surface area contributed by atoms with Crippen molar-refractivity contribution in [3.05, 3.63) is 11.4 Å². The Hall–Kier alpha value is -2.07. The van der Waals surface area contributed by atoms with Gasteiger partial charge in [0.2, 0.25) is 0 Å². The molecule has 0 radical (unpaired) electrons. The largest absolute Gasteiger partial charge is 0.395 e. The average molecular weight is 261 g/mol. The number of nitriles is 1. The fourth-order valence-corrected chi connectivity index (χ4v) is 2.27. The number of hydrogen-bond donors (Lipinski definition) is 2. The molecule has 7 nitrogen and oxygen atoms in total. The van der Waals surface area contributed by atoms with Gasteiger partial charge in [0.05, 0.1) is 30.6 Å². The van der Waals surface area contributed by atoms with Crippen molar-refractivity contribution in [2.75, 3.05) is 25.4 Å². The first-order chi connectivity index (χ1) is 9.20. The van der Waals surface area contributed by atoms with E-state index in [1.54, 1.807) is 4.90 Å². The average Bonchev–Trinajstić information content (AvgIpc) is 3.21. The van der Waals surface area contributed by atoms with Crippen LogP contribution in [0, 0.1) is 11.3 Å². The van der Waals surface area contributed by atoms with Gasteiger partial charge in [-0.1, -0.05) is 0 Å². The first kappa shape index (κ1) is 12.0. The molecular weight excluding hydrogens is 246 g/mol. The van der Waals surface area contributed by atoms with E-state index in [-0.39, 0.29) is 18.1 Å². The molecule has 1 unspecified atom stereocenters. The standard InChI is InChI=1S/C12H15N5O2/c13-5-8-6-17(3-4-19-8)12(18)11-9(14)10(15-16-11)7-1-2-7/h7-8H,1-4,6,14H2,(H,15,16). The monoisotopic (exact) mass is 261 g/mol. The maximum absolute atomic E-state index is 12.3. The maximum atomic E-state index is 12.3. The van der Waals surface area contributed by atoms with Crippen molar-refractivity contribution >= 4 is 11.6 Å². The summed E-state index contributed by atoms with van der Waals surface area (Å²) >= 11 is 0. The van der Waals surface area contributed by atoms with Gasteiger partial charge < -0.3 is 15.4 Å². The zero-order valence-corrected chi connectivity index (χ0v) is 10.4. The highest BCUT2D eigenvalue weighted by Gasteiger charge is 2.33. The molecule has 1 saturated carbocycles. The number of aromatic nitrogens is 2. The summed E-state index contributed by atoms with van der Waals surface area (Å²) in [5, 5.41) is 15.7. The zero-order chi connectivity index (χ0) is 13.4. The smallest absolute Gasteiger partial charge is 0.276 e. The zero-order valence-electron chi connectivity index (χ0n) is 10.4. The summed E-state index contributed by atoms with van der Waals surface area (Å²) in [5.41, 5.74) is 7.57. The summed E-state index contributed by atoms with van der Waals surface area (Å²) in [6.45, 7) is 1.09. The highest BCUT2D eigenvalue weighted by Crippen LogP contribution is 2.42. The Morgan fingerprint density at radius 2 is 2.37 bits per heavy atom. The number of nitrogen functional groups attached to an aromatic ring is 1. The van der Waals surface area contributed by atoms with Crippen LogP contribution in [0.5, 0.6) is 0 Å². The van der Waals surface area contributed by atoms with E-state index in [9.17, 15) is 4.79 Å². The number of morpholine rings is 1. The number of rotatable bonds is 2. The van der Waals surface area contributed by atoms with Crippen LogP contribution in [-0.2, 0) is 4.74 Å². The fraction of sp³-hybridized carbons (Fsp3) is 0.583. The third-order valence-electron chi connectivity index (χ3n) is 3.52. The summed E-state index contributed by atoms with van der Waals surface area (Å²) in [6.07, 6.45) is 1.61. The van der Waals surface area contributed by atoms with Gasteiger partial charge in [-0.3, -0.25) is 9.89 Å². The lowest BCUT2D eigenvalue weighted by atomic mass is 10.2. The molecule has 2 heterocycles. The van der Waals surface area contributed by atoms with Crippen LogP contribution in [0.3, 0.4) is 0 Å². The van der Waals surface area contributed by atoms with E-state index in [0.717, 1.165) is 18.5 Å². The molecule has 1 aliphatic heterocycles. The second-order valence-electron chi connectivity index (χ2n) is 4.91. The summed E-state index contributed by atoms with van der Waals surface area (Å²) in [7, 11) is 0. The van der Waals surface area contributed by atoms with E-state index in [4.69, 9.17) is 15.7 Å². The SMILES string of the molecule is N#CC1CN(C(=O)c2n[nH]c(C3CC3)c2N)CCO1. The molecule has 1 aromatic heterocycles. The number of carbonyl (C=O) groups is 1. The summed E-state index contributed by atoms with van der Waals surface area (Å²) in [5.74, 6) is 0.190. The first-order valence-corrected chi connectivity index (χ1v) is 6.35. The van der Waals surface area contributed by atoms with Crippen LogP contribution in [0.25, 0.3) is 0 Å². The molecule has 1 aliphatic carbocycles. The highest BCUT2D eigenvalue weighted by molar-refractivity contribution is 5.97. The Morgan fingerprint density at radius 3 is 3.05 bits per heavy atom. The lowest BCUT2D eigenvalue weighted by Gasteiger charge is -2.29. The molecular formula is C12H15N5O2. The van der Waals surface area contributed by atoms with Crippen molar-refractivity contribution in [2.24, 2.45) is 0 Å². The minimum Gasteiger partial charge on any atom is -0.395 e. The number of amides is 1. The topological polar surface area (TPSA) is 108 Å². The van der Waals surface area contributed by atoms with E-state index >= 15 is 0 Å². The molecule has 100 valence electrons. The molecule has 0 spiro atoms. The third-order valence-corrected chi connectivity index (χ3v) is 3.52. The molecule has 19 heavy (non-hydrogen) atoms. The fourth-order valence-electron chi connectivity index (χ4n) is 2.27. The quantitative estimate of drug-likeness (QED) is 0.792. The highest BCUT2D eigenvalue weighted by atomic mass is 16.5. The summed E-state index contributed by atoms with van der Waals surface area (Å²) in [4.78, 5) is 13.9. The van der Waals surface area contributed by atoms with Crippen LogP contribution >= 0.6 is 0 Å². The first-order valence-electron chi connectivity index (χ1n) is 6.35. The summed E-state index contributed by atoms with van der Waals surface area (Å²) < 4.78 is 5.21. The maximum Gasteiger partial charge on any atom is 0.276 e. The molecule has 1 aromatic rings. The normalized spacial score (nSPS) is 23.1. The minimum atomic E-state index is -0.569. The minimum absolute atomic E-state index is 0.232. The predicted octanol–water partition coefficient (Wildman–Crippen LogP) is 0.234. The molecule has 3 N–H and O–H groups in total. The lowest BCUT2D eigenvalue weighted by Crippen LogP contribution is -2.45. The van der Waals surface area contributed by atoms with Gasteiger partial charge in [0.25, 0.3) is 5.91 Å². The van der Waals surface area contributed by atoms with Crippen LogP contribution in [0.15, 0.2) is 0 Å². The molecule has 0 aromatic carbocycles. The van der Waals surface area contributed by atoms with E-state index in [1.807, 2.05) is 6.07 Å². The summed E-state index contributed by atoms with van der Waals surface area (Å²) in [6, 6.07) is 2.01. The van der Waals surface area contributed by atoms with Crippen LogP contribution in [0.4, 0.5) is 5.69 Å². The molecule has 0 bridgehead atoms. The van der Waals surface area contributed by atoms with Gasteiger partial charge in [-0.15, -0.1) is 0 Å². The Labute approximate surface area is 110 Å². The number of ether oxygens (including phenoxy) is 1. The Balaban J connectivity index is 1.78. The number of nitrogens with zero attached hydrogens (tertiary/aromatic N) is 3. The van der Waals surface area contributed by atoms with E-state index < -0.39 is 6.10 Å². The Morgan fingerprint density at radius 1 is 1.58 bits per heavy atom. The molecule has 7 heteroatoms. The molecule has 1 atom stereocenters. The number of H-pyrrole nitrogens is 1. The van der Waals surface area contributed by atoms with Gasteiger partial charge in [0, 0.05) is 12.5 Å².